The van der Waals surface area contributed by atoms with Crippen molar-refractivity contribution in [3.05, 3.63) is 71.8 Å². The Morgan fingerprint density at radius 1 is 0.973 bits per heavy atom. The third kappa shape index (κ3) is 5.58. The van der Waals surface area contributed by atoms with E-state index in [1.807, 2.05) is 36.4 Å². The molecular formula is C31H40O5Si. The zero-order chi connectivity index (χ0) is 26.6. The molecular weight excluding hydrogens is 480 g/mol. The number of carbonyl (C=O) groups excluding carboxylic acids is 2. The molecule has 0 amide bonds. The number of carbonyl (C=O) groups is 2. The van der Waals surface area contributed by atoms with E-state index >= 15 is 0 Å². The first-order valence-corrected chi connectivity index (χ1v) is 15.3. The molecule has 2 aliphatic carbocycles. The van der Waals surface area contributed by atoms with Crippen LogP contribution in [0, 0.1) is 11.8 Å². The Morgan fingerprint density at radius 3 is 2.11 bits per heavy atom. The monoisotopic (exact) mass is 520 g/mol. The molecule has 0 radical (unpaired) electrons. The number of hydrogen-bond acceptors (Lipinski definition) is 5. The van der Waals surface area contributed by atoms with Crippen molar-refractivity contribution >= 4 is 30.3 Å². The smallest absolute Gasteiger partial charge is 0.261 e. The number of hydrogen-bond donors (Lipinski definition) is 0. The third-order valence-electron chi connectivity index (χ3n) is 7.82. The van der Waals surface area contributed by atoms with Crippen LogP contribution in [0.1, 0.15) is 53.4 Å². The fourth-order valence-corrected chi connectivity index (χ4v) is 10.9. The first-order chi connectivity index (χ1) is 17.7. The molecule has 2 aromatic carbocycles. The largest absolute Gasteiger partial charge is 0.407 e. The van der Waals surface area contributed by atoms with E-state index in [1.165, 1.54) is 10.4 Å². The summed E-state index contributed by atoms with van der Waals surface area (Å²) in [6.07, 6.45) is 2.06. The molecule has 0 spiro atoms. The lowest BCUT2D eigenvalue weighted by Crippen LogP contribution is -2.66. The molecule has 37 heavy (non-hydrogen) atoms. The normalized spacial score (nSPS) is 22.3. The Labute approximate surface area is 222 Å². The average Bonchev–Trinajstić information content (AvgIpc) is 3.21. The lowest BCUT2D eigenvalue weighted by molar-refractivity contribution is -0.121. The Hall–Kier alpha value is -2.38. The number of allylic oxidation sites excluding steroid dienone is 1. The topological polar surface area (TPSA) is 61.8 Å². The summed E-state index contributed by atoms with van der Waals surface area (Å²) in [6, 6.07) is 20.8. The lowest BCUT2D eigenvalue weighted by atomic mass is 9.77. The van der Waals surface area contributed by atoms with Crippen LogP contribution in [0.3, 0.4) is 0 Å². The number of ketones is 2. The lowest BCUT2D eigenvalue weighted by Gasteiger charge is -2.43. The van der Waals surface area contributed by atoms with Gasteiger partial charge in [-0.3, -0.25) is 9.59 Å². The van der Waals surface area contributed by atoms with Crippen molar-refractivity contribution in [3.63, 3.8) is 0 Å². The molecule has 6 heteroatoms. The van der Waals surface area contributed by atoms with Gasteiger partial charge in [0.1, 0.15) is 6.79 Å². The summed E-state index contributed by atoms with van der Waals surface area (Å²) in [7, 11) is -1.15. The highest BCUT2D eigenvalue weighted by atomic mass is 28.4. The van der Waals surface area contributed by atoms with Gasteiger partial charge in [-0.05, 0) is 45.7 Å². The average molecular weight is 521 g/mol. The maximum atomic E-state index is 13.6. The van der Waals surface area contributed by atoms with E-state index in [2.05, 4.69) is 52.0 Å². The SMILES string of the molecule is COCO[C@H]1C[C@@H](C)CC2CC(=O)C(C(=O)CCO[Si](c3ccccc3)(c3ccccc3)C(C)(C)C)=C21. The van der Waals surface area contributed by atoms with Gasteiger partial charge in [-0.1, -0.05) is 88.4 Å². The molecule has 0 N–H and O–H groups in total. The van der Waals surface area contributed by atoms with Gasteiger partial charge < -0.3 is 13.9 Å². The molecule has 0 bridgehead atoms. The number of Topliss-reactive ketones (excluding diaryl/α,β-unsaturated/α-hetero) is 2. The minimum atomic E-state index is -2.74. The van der Waals surface area contributed by atoms with Crippen molar-refractivity contribution in [2.75, 3.05) is 20.5 Å². The van der Waals surface area contributed by atoms with Crippen molar-refractivity contribution in [3.8, 4) is 0 Å². The molecule has 3 atom stereocenters. The van der Waals surface area contributed by atoms with Gasteiger partial charge in [-0.15, -0.1) is 0 Å². The quantitative estimate of drug-likeness (QED) is 0.255. The summed E-state index contributed by atoms with van der Waals surface area (Å²) in [6.45, 7) is 9.26. The van der Waals surface area contributed by atoms with Gasteiger partial charge >= 0.3 is 0 Å². The number of methoxy groups -OCH3 is 1. The molecule has 2 aliphatic rings. The van der Waals surface area contributed by atoms with E-state index in [9.17, 15) is 9.59 Å². The van der Waals surface area contributed by atoms with E-state index in [4.69, 9.17) is 13.9 Å². The fraction of sp³-hybridized carbons (Fsp3) is 0.484. The van der Waals surface area contributed by atoms with Gasteiger partial charge in [0.15, 0.2) is 11.6 Å². The summed E-state index contributed by atoms with van der Waals surface area (Å²) >= 11 is 0. The van der Waals surface area contributed by atoms with Crippen LogP contribution >= 0.6 is 0 Å². The highest BCUT2D eigenvalue weighted by Crippen LogP contribution is 2.44. The molecule has 4 rings (SSSR count). The number of fused-ring (bicyclic) bond motifs is 1. The van der Waals surface area contributed by atoms with E-state index in [0.29, 0.717) is 17.9 Å². The van der Waals surface area contributed by atoms with Gasteiger partial charge in [-0.25, -0.2) is 0 Å². The van der Waals surface area contributed by atoms with E-state index in [1.54, 1.807) is 7.11 Å². The van der Waals surface area contributed by atoms with Crippen LogP contribution < -0.4 is 10.4 Å². The van der Waals surface area contributed by atoms with Crippen molar-refractivity contribution < 1.29 is 23.5 Å². The van der Waals surface area contributed by atoms with Crippen LogP contribution in [0.25, 0.3) is 0 Å². The Balaban J connectivity index is 1.62. The van der Waals surface area contributed by atoms with Crippen LogP contribution in [-0.2, 0) is 23.5 Å². The second-order valence-corrected chi connectivity index (χ2v) is 15.8. The zero-order valence-corrected chi connectivity index (χ0v) is 23.8. The molecule has 0 aromatic heterocycles. The standard InChI is InChI=1S/C31H40O5Si/c1-22-18-23-20-27(33)30(29(23)28(19-22)35-21-34-5)26(32)16-17-36-37(31(2,3)4,24-12-8-6-9-13-24)25-14-10-7-11-15-25/h6-15,22-23,28H,16-21H2,1-5H3/t22-,23?,28-/m0/s1. The van der Waals surface area contributed by atoms with Crippen LogP contribution in [-0.4, -0.2) is 46.5 Å². The molecule has 2 aromatic rings. The minimum Gasteiger partial charge on any atom is -0.407 e. The molecule has 0 heterocycles. The van der Waals surface area contributed by atoms with Crippen molar-refractivity contribution in [1.29, 1.82) is 0 Å². The molecule has 1 saturated carbocycles. The summed E-state index contributed by atoms with van der Waals surface area (Å²) in [5, 5.41) is 2.18. The van der Waals surface area contributed by atoms with Gasteiger partial charge in [0.05, 0.1) is 11.7 Å². The Bertz CT molecular complexity index is 1080. The van der Waals surface area contributed by atoms with Crippen LogP contribution in [0.5, 0.6) is 0 Å². The van der Waals surface area contributed by atoms with E-state index < -0.39 is 8.32 Å². The molecule has 0 saturated heterocycles. The first kappa shape index (κ1) is 27.6. The van der Waals surface area contributed by atoms with Crippen molar-refractivity contribution in [1.82, 2.24) is 0 Å². The Kier molecular flexibility index (Phi) is 8.64. The predicted octanol–water partition coefficient (Wildman–Crippen LogP) is 4.83. The minimum absolute atomic E-state index is 0.0458. The summed E-state index contributed by atoms with van der Waals surface area (Å²) < 4.78 is 18.0. The van der Waals surface area contributed by atoms with Gasteiger partial charge in [0.2, 0.25) is 0 Å². The number of benzene rings is 2. The van der Waals surface area contributed by atoms with Gasteiger partial charge in [0, 0.05) is 26.6 Å². The highest BCUT2D eigenvalue weighted by molar-refractivity contribution is 6.99. The zero-order valence-electron chi connectivity index (χ0n) is 22.8. The second kappa shape index (κ2) is 11.6. The van der Waals surface area contributed by atoms with Crippen molar-refractivity contribution in [2.45, 2.75) is 64.5 Å². The molecule has 0 aliphatic heterocycles. The maximum Gasteiger partial charge on any atom is 0.261 e. The van der Waals surface area contributed by atoms with Gasteiger partial charge in [-0.2, -0.15) is 0 Å². The third-order valence-corrected chi connectivity index (χ3v) is 12.9. The predicted molar refractivity (Wildman–Crippen MR) is 148 cm³/mol. The molecule has 1 fully saturated rings. The summed E-state index contributed by atoms with van der Waals surface area (Å²) in [5.74, 6) is 0.363. The van der Waals surface area contributed by atoms with E-state index in [0.717, 1.165) is 18.4 Å². The number of rotatable bonds is 10. The van der Waals surface area contributed by atoms with Crippen LogP contribution in [0.2, 0.25) is 5.04 Å². The summed E-state index contributed by atoms with van der Waals surface area (Å²) in [4.78, 5) is 26.7. The second-order valence-electron chi connectivity index (χ2n) is 11.5. The molecule has 198 valence electrons. The molecule has 5 nitrogen and oxygen atoms in total. The summed E-state index contributed by atoms with van der Waals surface area (Å²) in [5.41, 5.74) is 1.26. The Morgan fingerprint density at radius 2 is 1.57 bits per heavy atom. The highest BCUT2D eigenvalue weighted by Gasteiger charge is 2.50. The van der Waals surface area contributed by atoms with Gasteiger partial charge in [0.25, 0.3) is 8.32 Å². The first-order valence-electron chi connectivity index (χ1n) is 13.3. The fourth-order valence-electron chi connectivity index (χ4n) is 6.32. The number of ether oxygens (including phenoxy) is 2. The molecule has 1 unspecified atom stereocenters. The van der Waals surface area contributed by atoms with Crippen LogP contribution in [0.4, 0.5) is 0 Å². The van der Waals surface area contributed by atoms with Crippen LogP contribution in [0.15, 0.2) is 71.8 Å². The van der Waals surface area contributed by atoms with E-state index in [-0.39, 0.29) is 48.4 Å². The maximum absolute atomic E-state index is 13.6. The van der Waals surface area contributed by atoms with Crippen molar-refractivity contribution in [2.24, 2.45) is 11.8 Å².